The van der Waals surface area contributed by atoms with Crippen molar-refractivity contribution in [2.45, 2.75) is 5.16 Å². The summed E-state index contributed by atoms with van der Waals surface area (Å²) in [6.07, 6.45) is 3.69. The Morgan fingerprint density at radius 3 is 2.64 bits per heavy atom. The second-order valence-electron chi connectivity index (χ2n) is 1.73. The predicted octanol–water partition coefficient (Wildman–Crippen LogP) is 3.23. The molecule has 1 heterocycles. The van der Waals surface area contributed by atoms with Crippen molar-refractivity contribution in [3.05, 3.63) is 15.8 Å². The van der Waals surface area contributed by atoms with E-state index in [1.54, 1.807) is 18.0 Å². The van der Waals surface area contributed by atoms with E-state index in [1.807, 2.05) is 10.8 Å². The molecule has 0 N–H and O–H groups in total. The monoisotopic (exact) mass is 296 g/mol. The van der Waals surface area contributed by atoms with Gasteiger partial charge in [0.1, 0.15) is 9.21 Å². The van der Waals surface area contributed by atoms with Crippen LogP contribution in [-0.2, 0) is 0 Å². The summed E-state index contributed by atoms with van der Waals surface area (Å²) in [6.45, 7) is 3.67. The van der Waals surface area contributed by atoms with Gasteiger partial charge in [-0.05, 0) is 38.1 Å². The Morgan fingerprint density at radius 2 is 2.27 bits per heavy atom. The Morgan fingerprint density at radius 1 is 1.64 bits per heavy atom. The number of aromatic nitrogens is 2. The summed E-state index contributed by atoms with van der Waals surface area (Å²) in [5, 5.41) is 0.916. The second-order valence-corrected chi connectivity index (χ2v) is 4.01. The molecule has 1 aromatic heterocycles. The Balaban J connectivity index is 3.26. The summed E-state index contributed by atoms with van der Waals surface area (Å²) in [5.74, 6) is 0. The van der Waals surface area contributed by atoms with Gasteiger partial charge in [-0.3, -0.25) is 4.57 Å². The highest BCUT2D eigenvalue weighted by atomic mass is 79.9. The van der Waals surface area contributed by atoms with Gasteiger partial charge in [0.25, 0.3) is 0 Å². The number of halogens is 2. The number of thioether (sulfide) groups is 1. The van der Waals surface area contributed by atoms with Crippen molar-refractivity contribution in [2.75, 3.05) is 6.26 Å². The molecule has 5 heteroatoms. The number of imidazole rings is 1. The predicted molar refractivity (Wildman–Crippen MR) is 55.8 cm³/mol. The zero-order valence-electron chi connectivity index (χ0n) is 5.84. The molecule has 11 heavy (non-hydrogen) atoms. The number of hydrogen-bond donors (Lipinski definition) is 0. The fourth-order valence-electron chi connectivity index (χ4n) is 0.670. The molecule has 60 valence electrons. The largest absolute Gasteiger partial charge is 0.288 e. The fraction of sp³-hybridized carbons (Fsp3) is 0.167. The topological polar surface area (TPSA) is 17.8 Å². The molecule has 0 aliphatic heterocycles. The molecule has 0 unspecified atom stereocenters. The van der Waals surface area contributed by atoms with Crippen LogP contribution >= 0.6 is 43.6 Å². The van der Waals surface area contributed by atoms with E-state index < -0.39 is 0 Å². The van der Waals surface area contributed by atoms with E-state index >= 15 is 0 Å². The highest BCUT2D eigenvalue weighted by molar-refractivity contribution is 9.13. The lowest BCUT2D eigenvalue weighted by molar-refractivity contribution is 0.933. The first-order valence-corrected chi connectivity index (χ1v) is 5.61. The average molecular weight is 298 g/mol. The molecule has 0 spiro atoms. The lowest BCUT2D eigenvalue weighted by Gasteiger charge is -1.97. The lowest BCUT2D eigenvalue weighted by Crippen LogP contribution is -1.86. The van der Waals surface area contributed by atoms with Crippen LogP contribution in [-0.4, -0.2) is 15.8 Å². The van der Waals surface area contributed by atoms with Crippen LogP contribution in [0.3, 0.4) is 0 Å². The highest BCUT2D eigenvalue weighted by Crippen LogP contribution is 2.27. The smallest absolute Gasteiger partial charge is 0.173 e. The maximum atomic E-state index is 4.22. The fourth-order valence-corrected chi connectivity index (χ4v) is 2.21. The van der Waals surface area contributed by atoms with Gasteiger partial charge in [0, 0.05) is 6.20 Å². The van der Waals surface area contributed by atoms with Crippen molar-refractivity contribution in [1.29, 1.82) is 0 Å². The van der Waals surface area contributed by atoms with Crippen LogP contribution in [0.15, 0.2) is 20.9 Å². The summed E-state index contributed by atoms with van der Waals surface area (Å²) in [7, 11) is 0. The third kappa shape index (κ3) is 1.71. The standard InChI is InChI=1S/C6H6Br2N2S/c1-3-10-5(8)4(7)9-6(10)11-2/h3H,1H2,2H3. The molecule has 0 aliphatic rings. The Labute approximate surface area is 86.3 Å². The summed E-state index contributed by atoms with van der Waals surface area (Å²) in [4.78, 5) is 4.22. The molecule has 0 bridgehead atoms. The van der Waals surface area contributed by atoms with Gasteiger partial charge in [-0.15, -0.1) is 0 Å². The molecule has 0 amide bonds. The summed E-state index contributed by atoms with van der Waals surface area (Å²) in [5.41, 5.74) is 0. The first kappa shape index (κ1) is 9.35. The van der Waals surface area contributed by atoms with E-state index in [1.165, 1.54) is 0 Å². The van der Waals surface area contributed by atoms with Gasteiger partial charge < -0.3 is 0 Å². The van der Waals surface area contributed by atoms with E-state index in [4.69, 9.17) is 0 Å². The Kier molecular flexibility index (Phi) is 3.21. The Hall–Kier alpha value is 0.260. The van der Waals surface area contributed by atoms with Gasteiger partial charge in [0.15, 0.2) is 5.16 Å². The van der Waals surface area contributed by atoms with Gasteiger partial charge in [-0.25, -0.2) is 4.98 Å². The van der Waals surface area contributed by atoms with Crippen molar-refractivity contribution in [3.63, 3.8) is 0 Å². The van der Waals surface area contributed by atoms with Crippen molar-refractivity contribution in [2.24, 2.45) is 0 Å². The van der Waals surface area contributed by atoms with E-state index in [2.05, 4.69) is 43.4 Å². The summed E-state index contributed by atoms with van der Waals surface area (Å²) >= 11 is 8.26. The quantitative estimate of drug-likeness (QED) is 0.780. The summed E-state index contributed by atoms with van der Waals surface area (Å²) in [6, 6.07) is 0. The first-order chi connectivity index (χ1) is 5.20. The highest BCUT2D eigenvalue weighted by Gasteiger charge is 2.09. The number of nitrogens with zero attached hydrogens (tertiary/aromatic N) is 2. The molecule has 0 radical (unpaired) electrons. The van der Waals surface area contributed by atoms with E-state index in [-0.39, 0.29) is 0 Å². The summed E-state index contributed by atoms with van der Waals surface area (Å²) < 4.78 is 3.58. The molecule has 1 rings (SSSR count). The van der Waals surface area contributed by atoms with Crippen LogP contribution < -0.4 is 0 Å². The van der Waals surface area contributed by atoms with Gasteiger partial charge in [0.05, 0.1) is 0 Å². The van der Waals surface area contributed by atoms with Crippen LogP contribution in [0.5, 0.6) is 0 Å². The molecule has 0 atom stereocenters. The minimum Gasteiger partial charge on any atom is -0.288 e. The normalized spacial score (nSPS) is 10.1. The minimum atomic E-state index is 0.807. The van der Waals surface area contributed by atoms with Crippen molar-refractivity contribution in [3.8, 4) is 0 Å². The van der Waals surface area contributed by atoms with Crippen LogP contribution in [0.4, 0.5) is 0 Å². The van der Waals surface area contributed by atoms with Crippen LogP contribution in [0.1, 0.15) is 0 Å². The minimum absolute atomic E-state index is 0.807. The van der Waals surface area contributed by atoms with Gasteiger partial charge in [-0.1, -0.05) is 18.3 Å². The number of rotatable bonds is 2. The third-order valence-electron chi connectivity index (χ3n) is 1.15. The van der Waals surface area contributed by atoms with Crippen LogP contribution in [0.25, 0.3) is 6.20 Å². The average Bonchev–Trinajstić information content (AvgIpc) is 2.28. The van der Waals surface area contributed by atoms with Crippen LogP contribution in [0, 0.1) is 0 Å². The van der Waals surface area contributed by atoms with Gasteiger partial charge in [-0.2, -0.15) is 0 Å². The van der Waals surface area contributed by atoms with Crippen molar-refractivity contribution < 1.29 is 0 Å². The molecule has 0 saturated heterocycles. The van der Waals surface area contributed by atoms with E-state index in [9.17, 15) is 0 Å². The van der Waals surface area contributed by atoms with E-state index in [0.29, 0.717) is 0 Å². The maximum Gasteiger partial charge on any atom is 0.173 e. The zero-order valence-corrected chi connectivity index (χ0v) is 9.83. The molecule has 0 aliphatic carbocycles. The SMILES string of the molecule is C=Cn1c(SC)nc(Br)c1Br. The molecule has 0 aromatic carbocycles. The molecule has 0 fully saturated rings. The molecule has 1 aromatic rings. The molecule has 0 saturated carbocycles. The molecular formula is C6H6Br2N2S. The van der Waals surface area contributed by atoms with Crippen molar-refractivity contribution >= 4 is 49.8 Å². The van der Waals surface area contributed by atoms with Gasteiger partial charge >= 0.3 is 0 Å². The van der Waals surface area contributed by atoms with Gasteiger partial charge in [0.2, 0.25) is 0 Å². The number of hydrogen-bond acceptors (Lipinski definition) is 2. The van der Waals surface area contributed by atoms with Crippen LogP contribution in [0.2, 0.25) is 0 Å². The lowest BCUT2D eigenvalue weighted by atomic mass is 10.8. The zero-order chi connectivity index (χ0) is 8.43. The maximum absolute atomic E-state index is 4.22. The Bertz CT molecular complexity index is 282. The van der Waals surface area contributed by atoms with E-state index in [0.717, 1.165) is 14.4 Å². The molecular weight excluding hydrogens is 292 g/mol. The van der Waals surface area contributed by atoms with Crippen molar-refractivity contribution in [1.82, 2.24) is 9.55 Å². The first-order valence-electron chi connectivity index (χ1n) is 2.80. The third-order valence-corrected chi connectivity index (χ3v) is 3.64. The molecule has 2 nitrogen and oxygen atoms in total. The second kappa shape index (κ2) is 3.78.